The zero-order chi connectivity index (χ0) is 12.1. The number of alkyl halides is 1. The second-order valence-corrected chi connectivity index (χ2v) is 6.80. The molecule has 2 heteroatoms. The highest BCUT2D eigenvalue weighted by Gasteiger charge is 2.36. The Kier molecular flexibility index (Phi) is 5.17. The maximum atomic E-state index is 5.79. The first kappa shape index (κ1) is 13.7. The van der Waals surface area contributed by atoms with Crippen molar-refractivity contribution in [3.8, 4) is 0 Å². The fraction of sp³-hybridized carbons (Fsp3) is 1.00. The second kappa shape index (κ2) is 6.43. The van der Waals surface area contributed by atoms with Gasteiger partial charge in [-0.1, -0.05) is 19.8 Å². The van der Waals surface area contributed by atoms with Crippen LogP contribution in [0.5, 0.6) is 0 Å². The molecule has 0 amide bonds. The number of hydrogen-bond acceptors (Lipinski definition) is 1. The first-order chi connectivity index (χ1) is 8.24. The molecule has 17 heavy (non-hydrogen) atoms. The third-order valence-corrected chi connectivity index (χ3v) is 5.34. The molecule has 1 atom stereocenters. The Bertz CT molecular complexity index is 213. The summed E-state index contributed by atoms with van der Waals surface area (Å²) in [6.45, 7) is 6.35. The lowest BCUT2D eigenvalue weighted by Crippen LogP contribution is -2.39. The molecule has 1 aliphatic carbocycles. The molecular formula is C15H28ClN. The quantitative estimate of drug-likeness (QED) is 0.664. The van der Waals surface area contributed by atoms with Crippen molar-refractivity contribution in [1.29, 1.82) is 0 Å². The first-order valence-corrected chi connectivity index (χ1v) is 8.06. The average Bonchev–Trinajstić information content (AvgIpc) is 2.78. The summed E-state index contributed by atoms with van der Waals surface area (Å²) in [6, 6.07) is 0. The summed E-state index contributed by atoms with van der Waals surface area (Å²) in [5.41, 5.74) is 0.776. The van der Waals surface area contributed by atoms with Crippen molar-refractivity contribution >= 4 is 11.6 Å². The molecule has 0 N–H and O–H groups in total. The lowest BCUT2D eigenvalue weighted by molar-refractivity contribution is 0.104. The summed E-state index contributed by atoms with van der Waals surface area (Å²) >= 11 is 5.79. The fourth-order valence-corrected chi connectivity index (χ4v) is 3.98. The average molecular weight is 258 g/mol. The van der Waals surface area contributed by atoms with Gasteiger partial charge in [0.2, 0.25) is 0 Å². The topological polar surface area (TPSA) is 3.24 Å². The van der Waals surface area contributed by atoms with Gasteiger partial charge in [-0.15, -0.1) is 11.6 Å². The Morgan fingerprint density at radius 2 is 1.71 bits per heavy atom. The van der Waals surface area contributed by atoms with Crippen molar-refractivity contribution in [1.82, 2.24) is 4.90 Å². The van der Waals surface area contributed by atoms with Crippen LogP contribution in [0.3, 0.4) is 0 Å². The van der Waals surface area contributed by atoms with Crippen LogP contribution >= 0.6 is 11.6 Å². The largest absolute Gasteiger partial charge is 0.303 e. The molecule has 0 aromatic rings. The van der Waals surface area contributed by atoms with E-state index in [4.69, 9.17) is 11.6 Å². The minimum Gasteiger partial charge on any atom is -0.303 e. The van der Waals surface area contributed by atoms with Crippen LogP contribution in [-0.4, -0.2) is 30.4 Å². The molecule has 100 valence electrons. The lowest BCUT2D eigenvalue weighted by atomic mass is 9.77. The Morgan fingerprint density at radius 1 is 1.06 bits per heavy atom. The van der Waals surface area contributed by atoms with Crippen molar-refractivity contribution in [2.24, 2.45) is 11.3 Å². The lowest BCUT2D eigenvalue weighted by Gasteiger charge is -2.39. The van der Waals surface area contributed by atoms with Crippen LogP contribution in [0.25, 0.3) is 0 Å². The van der Waals surface area contributed by atoms with Gasteiger partial charge >= 0.3 is 0 Å². The smallest absolute Gasteiger partial charge is 0.0225 e. The number of halogens is 1. The van der Waals surface area contributed by atoms with Gasteiger partial charge in [0.05, 0.1) is 0 Å². The number of likely N-dealkylation sites (tertiary alicyclic amines) is 1. The van der Waals surface area contributed by atoms with Crippen molar-refractivity contribution in [2.45, 2.75) is 58.3 Å². The van der Waals surface area contributed by atoms with Crippen LogP contribution in [-0.2, 0) is 0 Å². The molecule has 0 aromatic heterocycles. The SMILES string of the molecule is CC(CCCl)CCN1CCC2(CCCC2)CC1. The summed E-state index contributed by atoms with van der Waals surface area (Å²) in [6.07, 6.45) is 11.5. The molecule has 2 aliphatic rings. The van der Waals surface area contributed by atoms with E-state index in [-0.39, 0.29) is 0 Å². The van der Waals surface area contributed by atoms with E-state index in [1.165, 1.54) is 71.0 Å². The molecule has 0 radical (unpaired) electrons. The van der Waals surface area contributed by atoms with Gasteiger partial charge in [0.15, 0.2) is 0 Å². The van der Waals surface area contributed by atoms with Gasteiger partial charge < -0.3 is 4.90 Å². The number of hydrogen-bond donors (Lipinski definition) is 0. The molecule has 2 rings (SSSR count). The summed E-state index contributed by atoms with van der Waals surface area (Å²) in [5.74, 6) is 1.62. The molecule has 1 saturated heterocycles. The third kappa shape index (κ3) is 3.86. The number of piperidine rings is 1. The van der Waals surface area contributed by atoms with Gasteiger partial charge in [-0.3, -0.25) is 0 Å². The molecule has 0 bridgehead atoms. The molecule has 1 heterocycles. The van der Waals surface area contributed by atoms with E-state index in [1.807, 2.05) is 0 Å². The fourth-order valence-electron chi connectivity index (χ4n) is 3.61. The molecule has 1 nitrogen and oxygen atoms in total. The van der Waals surface area contributed by atoms with E-state index in [0.29, 0.717) is 0 Å². The van der Waals surface area contributed by atoms with Gasteiger partial charge in [-0.2, -0.15) is 0 Å². The summed E-state index contributed by atoms with van der Waals surface area (Å²) < 4.78 is 0. The zero-order valence-corrected chi connectivity index (χ0v) is 12.1. The minimum absolute atomic E-state index is 0.776. The summed E-state index contributed by atoms with van der Waals surface area (Å²) in [4.78, 5) is 2.69. The molecule has 1 aliphatic heterocycles. The molecule has 2 fully saturated rings. The minimum atomic E-state index is 0.776. The highest BCUT2D eigenvalue weighted by Crippen LogP contribution is 2.46. The van der Waals surface area contributed by atoms with Crippen LogP contribution in [0.4, 0.5) is 0 Å². The molecule has 1 unspecified atom stereocenters. The van der Waals surface area contributed by atoms with E-state index < -0.39 is 0 Å². The van der Waals surface area contributed by atoms with E-state index in [0.717, 1.165) is 17.2 Å². The van der Waals surface area contributed by atoms with Crippen LogP contribution < -0.4 is 0 Å². The van der Waals surface area contributed by atoms with Gasteiger partial charge in [-0.05, 0) is 69.5 Å². The van der Waals surface area contributed by atoms with Crippen LogP contribution in [0, 0.1) is 11.3 Å². The standard InChI is InChI=1S/C15H28ClN/c1-14(4-10-16)5-11-17-12-8-15(9-13-17)6-2-3-7-15/h14H,2-13H2,1H3. The van der Waals surface area contributed by atoms with Gasteiger partial charge in [-0.25, -0.2) is 0 Å². The van der Waals surface area contributed by atoms with E-state index in [1.54, 1.807) is 0 Å². The maximum absolute atomic E-state index is 5.79. The van der Waals surface area contributed by atoms with Crippen LogP contribution in [0.15, 0.2) is 0 Å². The molecule has 1 spiro atoms. The Hall–Kier alpha value is 0.250. The van der Waals surface area contributed by atoms with Crippen molar-refractivity contribution in [2.75, 3.05) is 25.5 Å². The van der Waals surface area contributed by atoms with E-state index >= 15 is 0 Å². The first-order valence-electron chi connectivity index (χ1n) is 7.52. The molecule has 0 aromatic carbocycles. The van der Waals surface area contributed by atoms with Crippen molar-refractivity contribution < 1.29 is 0 Å². The number of nitrogens with zero attached hydrogens (tertiary/aromatic N) is 1. The van der Waals surface area contributed by atoms with Gasteiger partial charge in [0.25, 0.3) is 0 Å². The second-order valence-electron chi connectivity index (χ2n) is 6.42. The molecule has 1 saturated carbocycles. The zero-order valence-electron chi connectivity index (χ0n) is 11.4. The predicted octanol–water partition coefficient (Wildman–Crippen LogP) is 4.30. The monoisotopic (exact) mass is 257 g/mol. The Labute approximate surface area is 112 Å². The van der Waals surface area contributed by atoms with Gasteiger partial charge in [0.1, 0.15) is 0 Å². The Balaban J connectivity index is 1.65. The predicted molar refractivity (Wildman–Crippen MR) is 75.7 cm³/mol. The van der Waals surface area contributed by atoms with Crippen LogP contribution in [0.1, 0.15) is 58.3 Å². The summed E-state index contributed by atoms with van der Waals surface area (Å²) in [7, 11) is 0. The van der Waals surface area contributed by atoms with Crippen molar-refractivity contribution in [3.05, 3.63) is 0 Å². The maximum Gasteiger partial charge on any atom is 0.0225 e. The Morgan fingerprint density at radius 3 is 2.29 bits per heavy atom. The third-order valence-electron chi connectivity index (χ3n) is 5.12. The van der Waals surface area contributed by atoms with Crippen LogP contribution in [0.2, 0.25) is 0 Å². The number of rotatable bonds is 5. The van der Waals surface area contributed by atoms with Gasteiger partial charge in [0, 0.05) is 5.88 Å². The van der Waals surface area contributed by atoms with E-state index in [9.17, 15) is 0 Å². The van der Waals surface area contributed by atoms with Crippen molar-refractivity contribution in [3.63, 3.8) is 0 Å². The highest BCUT2D eigenvalue weighted by atomic mass is 35.5. The summed E-state index contributed by atoms with van der Waals surface area (Å²) in [5, 5.41) is 0. The molecular weight excluding hydrogens is 230 g/mol. The normalized spacial score (nSPS) is 26.5. The van der Waals surface area contributed by atoms with E-state index in [2.05, 4.69) is 11.8 Å². The highest BCUT2D eigenvalue weighted by molar-refractivity contribution is 6.17.